The first-order chi connectivity index (χ1) is 9.16. The fourth-order valence-electron chi connectivity index (χ4n) is 2.63. The summed E-state index contributed by atoms with van der Waals surface area (Å²) >= 11 is 0. The number of benzene rings is 1. The second-order valence-corrected chi connectivity index (χ2v) is 5.17. The molecule has 4 heteroatoms. The molecule has 1 amide bonds. The van der Waals surface area contributed by atoms with Crippen LogP contribution in [0.15, 0.2) is 22.6 Å². The first-order valence-corrected chi connectivity index (χ1v) is 6.67. The summed E-state index contributed by atoms with van der Waals surface area (Å²) in [6, 6.07) is 6.19. The van der Waals surface area contributed by atoms with Crippen LogP contribution in [0.4, 0.5) is 0 Å². The largest absolute Gasteiger partial charge is 0.450 e. The van der Waals surface area contributed by atoms with Crippen LogP contribution in [-0.2, 0) is 0 Å². The third-order valence-electron chi connectivity index (χ3n) is 3.76. The monoisotopic (exact) mass is 258 g/mol. The van der Waals surface area contributed by atoms with Crippen LogP contribution >= 0.6 is 0 Å². The Morgan fingerprint density at radius 2 is 2.26 bits per heavy atom. The molecule has 1 aliphatic rings. The molecule has 3 rings (SSSR count). The minimum Gasteiger partial charge on any atom is -0.450 e. The van der Waals surface area contributed by atoms with Gasteiger partial charge in [-0.05, 0) is 32.4 Å². The first-order valence-electron chi connectivity index (χ1n) is 6.67. The van der Waals surface area contributed by atoms with E-state index in [0.717, 1.165) is 41.6 Å². The smallest absolute Gasteiger partial charge is 0.287 e. The summed E-state index contributed by atoms with van der Waals surface area (Å²) in [6.45, 7) is 5.73. The van der Waals surface area contributed by atoms with E-state index >= 15 is 0 Å². The Labute approximate surface area is 112 Å². The summed E-state index contributed by atoms with van der Waals surface area (Å²) < 4.78 is 5.77. The Morgan fingerprint density at radius 1 is 1.42 bits per heavy atom. The second-order valence-electron chi connectivity index (χ2n) is 5.17. The van der Waals surface area contributed by atoms with E-state index in [9.17, 15) is 4.79 Å². The molecule has 19 heavy (non-hydrogen) atoms. The number of nitrogens with one attached hydrogen (secondary N) is 2. The molecule has 0 saturated carbocycles. The van der Waals surface area contributed by atoms with Crippen LogP contribution in [0.1, 0.15) is 28.1 Å². The molecule has 0 radical (unpaired) electrons. The molecule has 0 spiro atoms. The molecule has 1 atom stereocenters. The molecule has 1 aromatic carbocycles. The van der Waals surface area contributed by atoms with Crippen molar-refractivity contribution in [2.45, 2.75) is 26.3 Å². The van der Waals surface area contributed by atoms with Crippen molar-refractivity contribution in [1.82, 2.24) is 10.6 Å². The van der Waals surface area contributed by atoms with Crippen LogP contribution in [0.5, 0.6) is 0 Å². The lowest BCUT2D eigenvalue weighted by Crippen LogP contribution is -2.36. The van der Waals surface area contributed by atoms with Crippen molar-refractivity contribution in [3.8, 4) is 0 Å². The molecule has 1 unspecified atom stereocenters. The number of hydrogen-bond donors (Lipinski definition) is 2. The number of amides is 1. The highest BCUT2D eigenvalue weighted by molar-refractivity contribution is 5.99. The topological polar surface area (TPSA) is 54.3 Å². The standard InChI is InChI=1S/C15H18N2O2/c1-9-4-3-5-12-10(2)14(19-13(9)12)15(18)17-11-6-7-16-8-11/h3-5,11,16H,6-8H2,1-2H3,(H,17,18). The van der Waals surface area contributed by atoms with Crippen LogP contribution in [0.25, 0.3) is 11.0 Å². The Morgan fingerprint density at radius 3 is 2.95 bits per heavy atom. The minimum atomic E-state index is -0.109. The van der Waals surface area contributed by atoms with Crippen LogP contribution < -0.4 is 10.6 Å². The summed E-state index contributed by atoms with van der Waals surface area (Å²) in [5.41, 5.74) is 2.79. The molecule has 2 N–H and O–H groups in total. The first kappa shape index (κ1) is 12.2. The molecule has 100 valence electrons. The molecule has 2 aromatic rings. The zero-order valence-corrected chi connectivity index (χ0v) is 11.2. The van der Waals surface area contributed by atoms with Crippen molar-refractivity contribution in [3.05, 3.63) is 35.1 Å². The van der Waals surface area contributed by atoms with E-state index < -0.39 is 0 Å². The highest BCUT2D eigenvalue weighted by Crippen LogP contribution is 2.27. The molecule has 1 aromatic heterocycles. The highest BCUT2D eigenvalue weighted by Gasteiger charge is 2.22. The SMILES string of the molecule is Cc1c(C(=O)NC2CCNC2)oc2c(C)cccc12. The summed E-state index contributed by atoms with van der Waals surface area (Å²) in [7, 11) is 0. The van der Waals surface area contributed by atoms with E-state index in [-0.39, 0.29) is 11.9 Å². The van der Waals surface area contributed by atoms with E-state index in [1.54, 1.807) is 0 Å². The lowest BCUT2D eigenvalue weighted by Gasteiger charge is -2.09. The number of hydrogen-bond acceptors (Lipinski definition) is 3. The summed E-state index contributed by atoms with van der Waals surface area (Å²) in [5.74, 6) is 0.331. The van der Waals surface area contributed by atoms with Gasteiger partial charge in [0, 0.05) is 23.5 Å². The predicted octanol–water partition coefficient (Wildman–Crippen LogP) is 2.14. The molecule has 0 bridgehead atoms. The fraction of sp³-hybridized carbons (Fsp3) is 0.400. The Bertz CT molecular complexity index is 624. The van der Waals surface area contributed by atoms with E-state index in [1.807, 2.05) is 32.0 Å². The number of fused-ring (bicyclic) bond motifs is 1. The predicted molar refractivity (Wildman–Crippen MR) is 74.4 cm³/mol. The zero-order valence-electron chi connectivity index (χ0n) is 11.2. The Balaban J connectivity index is 1.93. The van der Waals surface area contributed by atoms with Crippen molar-refractivity contribution < 1.29 is 9.21 Å². The van der Waals surface area contributed by atoms with Gasteiger partial charge < -0.3 is 15.1 Å². The molecule has 1 saturated heterocycles. The van der Waals surface area contributed by atoms with Gasteiger partial charge in [0.15, 0.2) is 5.76 Å². The molecule has 2 heterocycles. The fourth-order valence-corrected chi connectivity index (χ4v) is 2.63. The van der Waals surface area contributed by atoms with E-state index in [4.69, 9.17) is 4.42 Å². The van der Waals surface area contributed by atoms with E-state index in [1.165, 1.54) is 0 Å². The third kappa shape index (κ3) is 2.12. The maximum atomic E-state index is 12.3. The van der Waals surface area contributed by atoms with Gasteiger partial charge in [-0.3, -0.25) is 4.79 Å². The summed E-state index contributed by atoms with van der Waals surface area (Å²) in [5, 5.41) is 7.28. The van der Waals surface area contributed by atoms with Crippen LogP contribution in [0.2, 0.25) is 0 Å². The van der Waals surface area contributed by atoms with Gasteiger partial charge in [0.2, 0.25) is 0 Å². The lowest BCUT2D eigenvalue weighted by molar-refractivity contribution is 0.0913. The van der Waals surface area contributed by atoms with Crippen molar-refractivity contribution in [1.29, 1.82) is 0 Å². The maximum Gasteiger partial charge on any atom is 0.287 e. The average molecular weight is 258 g/mol. The van der Waals surface area contributed by atoms with Crippen LogP contribution in [-0.4, -0.2) is 25.0 Å². The number of rotatable bonds is 2. The van der Waals surface area contributed by atoms with Crippen molar-refractivity contribution in [3.63, 3.8) is 0 Å². The van der Waals surface area contributed by atoms with E-state index in [2.05, 4.69) is 10.6 Å². The second kappa shape index (κ2) is 4.70. The molecular weight excluding hydrogens is 240 g/mol. The summed E-state index contributed by atoms with van der Waals surface area (Å²) in [6.07, 6.45) is 0.976. The van der Waals surface area contributed by atoms with Gasteiger partial charge in [-0.15, -0.1) is 0 Å². The highest BCUT2D eigenvalue weighted by atomic mass is 16.3. The molecule has 4 nitrogen and oxygen atoms in total. The maximum absolute atomic E-state index is 12.3. The zero-order chi connectivity index (χ0) is 13.4. The van der Waals surface area contributed by atoms with E-state index in [0.29, 0.717) is 5.76 Å². The number of aryl methyl sites for hydroxylation is 2. The lowest BCUT2D eigenvalue weighted by atomic mass is 10.1. The number of carbonyl (C=O) groups is 1. The van der Waals surface area contributed by atoms with Gasteiger partial charge in [0.1, 0.15) is 5.58 Å². The van der Waals surface area contributed by atoms with Crippen molar-refractivity contribution >= 4 is 16.9 Å². The van der Waals surface area contributed by atoms with Gasteiger partial charge in [-0.2, -0.15) is 0 Å². The van der Waals surface area contributed by atoms with Gasteiger partial charge in [-0.25, -0.2) is 0 Å². The molecular formula is C15H18N2O2. The normalized spacial score (nSPS) is 18.9. The van der Waals surface area contributed by atoms with Crippen LogP contribution in [0, 0.1) is 13.8 Å². The molecule has 1 fully saturated rings. The van der Waals surface area contributed by atoms with Gasteiger partial charge in [-0.1, -0.05) is 18.2 Å². The van der Waals surface area contributed by atoms with Gasteiger partial charge in [0.05, 0.1) is 0 Å². The molecule has 1 aliphatic heterocycles. The average Bonchev–Trinajstić information content (AvgIpc) is 2.99. The third-order valence-corrected chi connectivity index (χ3v) is 3.76. The Hall–Kier alpha value is -1.81. The quantitative estimate of drug-likeness (QED) is 0.867. The minimum absolute atomic E-state index is 0.109. The van der Waals surface area contributed by atoms with Crippen molar-refractivity contribution in [2.24, 2.45) is 0 Å². The number of furan rings is 1. The van der Waals surface area contributed by atoms with Gasteiger partial charge >= 0.3 is 0 Å². The molecule has 0 aliphatic carbocycles. The Kier molecular flexibility index (Phi) is 3.03. The number of carbonyl (C=O) groups excluding carboxylic acids is 1. The van der Waals surface area contributed by atoms with Gasteiger partial charge in [0.25, 0.3) is 5.91 Å². The van der Waals surface area contributed by atoms with Crippen LogP contribution in [0.3, 0.4) is 0 Å². The van der Waals surface area contributed by atoms with Crippen molar-refractivity contribution in [2.75, 3.05) is 13.1 Å². The summed E-state index contributed by atoms with van der Waals surface area (Å²) in [4.78, 5) is 12.3. The number of para-hydroxylation sites is 1.